The van der Waals surface area contributed by atoms with Crippen molar-refractivity contribution in [3.63, 3.8) is 0 Å². The van der Waals surface area contributed by atoms with E-state index in [1.165, 1.54) is 17.0 Å². The van der Waals surface area contributed by atoms with Crippen molar-refractivity contribution < 1.29 is 4.74 Å². The van der Waals surface area contributed by atoms with Gasteiger partial charge in [-0.2, -0.15) is 0 Å². The molecule has 0 aromatic carbocycles. The summed E-state index contributed by atoms with van der Waals surface area (Å²) in [5.41, 5.74) is 2.37. The van der Waals surface area contributed by atoms with Gasteiger partial charge in [0, 0.05) is 39.0 Å². The molecule has 0 radical (unpaired) electrons. The molecule has 4 nitrogen and oxygen atoms in total. The lowest BCUT2D eigenvalue weighted by Crippen LogP contribution is -2.21. The lowest BCUT2D eigenvalue weighted by atomic mass is 10.2. The highest BCUT2D eigenvalue weighted by Gasteiger charge is 2.12. The Hall–Kier alpha value is -1.17. The molecule has 0 unspecified atom stereocenters. The van der Waals surface area contributed by atoms with E-state index in [9.17, 15) is 0 Å². The zero-order valence-corrected chi connectivity index (χ0v) is 13.9. The molecule has 2 rings (SSSR count). The third kappa shape index (κ3) is 3.91. The van der Waals surface area contributed by atoms with E-state index in [1.807, 2.05) is 19.4 Å². The molecular formula is C15H25N3OSi. The third-order valence-corrected chi connectivity index (χ3v) is 5.08. The van der Waals surface area contributed by atoms with Crippen LogP contribution >= 0.6 is 0 Å². The summed E-state index contributed by atoms with van der Waals surface area (Å²) in [6, 6.07) is 3.35. The van der Waals surface area contributed by atoms with E-state index < -0.39 is 8.07 Å². The van der Waals surface area contributed by atoms with Crippen molar-refractivity contribution in [2.75, 3.05) is 13.7 Å². The van der Waals surface area contributed by atoms with Gasteiger partial charge in [0.05, 0.1) is 11.7 Å². The number of fused-ring (bicyclic) bond motifs is 1. The summed E-state index contributed by atoms with van der Waals surface area (Å²) in [5.74, 6) is 0. The maximum Gasteiger partial charge on any atom is 0.122 e. The molecule has 2 aromatic heterocycles. The standard InChI is InChI=1S/C15H25N3OSi/c1-16-9-13-10-17-11-15-14(13)5-6-18(15)12-19-7-8-20(2,3)4/h5-6,10-11,16H,7-9,12H2,1-4H3. The number of nitrogens with one attached hydrogen (secondary N) is 1. The van der Waals surface area contributed by atoms with Gasteiger partial charge in [-0.1, -0.05) is 19.6 Å². The topological polar surface area (TPSA) is 39.1 Å². The molecule has 20 heavy (non-hydrogen) atoms. The number of hydrogen-bond donors (Lipinski definition) is 1. The predicted molar refractivity (Wildman–Crippen MR) is 86.6 cm³/mol. The SMILES string of the molecule is CNCc1cncc2c1ccn2COCC[Si](C)(C)C. The molecule has 2 aromatic rings. The fourth-order valence-electron chi connectivity index (χ4n) is 2.15. The number of hydrogen-bond acceptors (Lipinski definition) is 3. The molecule has 0 saturated carbocycles. The largest absolute Gasteiger partial charge is 0.361 e. The van der Waals surface area contributed by atoms with Crippen molar-refractivity contribution in [3.05, 3.63) is 30.2 Å². The van der Waals surface area contributed by atoms with Crippen LogP contribution in [0.15, 0.2) is 24.7 Å². The zero-order chi connectivity index (χ0) is 14.6. The summed E-state index contributed by atoms with van der Waals surface area (Å²) in [5, 5.41) is 4.43. The summed E-state index contributed by atoms with van der Waals surface area (Å²) >= 11 is 0. The molecule has 0 fully saturated rings. The highest BCUT2D eigenvalue weighted by Crippen LogP contribution is 2.19. The van der Waals surface area contributed by atoms with Crippen molar-refractivity contribution in [2.24, 2.45) is 0 Å². The van der Waals surface area contributed by atoms with E-state index in [0.29, 0.717) is 6.73 Å². The predicted octanol–water partition coefficient (Wildman–Crippen LogP) is 3.07. The summed E-state index contributed by atoms with van der Waals surface area (Å²) < 4.78 is 7.95. The summed E-state index contributed by atoms with van der Waals surface area (Å²) in [6.07, 6.45) is 5.92. The number of nitrogens with zero attached hydrogens (tertiary/aromatic N) is 2. The van der Waals surface area contributed by atoms with Crippen LogP contribution in [0.4, 0.5) is 0 Å². The minimum atomic E-state index is -1.01. The lowest BCUT2D eigenvalue weighted by molar-refractivity contribution is 0.0902. The van der Waals surface area contributed by atoms with Gasteiger partial charge in [-0.05, 0) is 24.7 Å². The Morgan fingerprint density at radius 1 is 1.30 bits per heavy atom. The van der Waals surface area contributed by atoms with Crippen LogP contribution in [0.5, 0.6) is 0 Å². The van der Waals surface area contributed by atoms with Crippen molar-refractivity contribution in [3.8, 4) is 0 Å². The maximum absolute atomic E-state index is 5.82. The van der Waals surface area contributed by atoms with Crippen LogP contribution in [0.2, 0.25) is 25.7 Å². The molecule has 0 aliphatic carbocycles. The quantitative estimate of drug-likeness (QED) is 0.629. The van der Waals surface area contributed by atoms with Gasteiger partial charge in [-0.25, -0.2) is 0 Å². The van der Waals surface area contributed by atoms with Crippen LogP contribution in [0.3, 0.4) is 0 Å². The Morgan fingerprint density at radius 3 is 2.80 bits per heavy atom. The normalized spacial score (nSPS) is 12.2. The Bertz CT molecular complexity index is 560. The molecule has 0 aliphatic rings. The van der Waals surface area contributed by atoms with E-state index in [4.69, 9.17) is 4.74 Å². The van der Waals surface area contributed by atoms with E-state index in [2.05, 4.69) is 46.8 Å². The second kappa shape index (κ2) is 6.52. The fourth-order valence-corrected chi connectivity index (χ4v) is 2.91. The maximum atomic E-state index is 5.82. The van der Waals surface area contributed by atoms with E-state index in [1.54, 1.807) is 0 Å². The van der Waals surface area contributed by atoms with Crippen LogP contribution in [0, 0.1) is 0 Å². The van der Waals surface area contributed by atoms with E-state index in [-0.39, 0.29) is 0 Å². The van der Waals surface area contributed by atoms with Crippen LogP contribution in [0.1, 0.15) is 5.56 Å². The first-order valence-corrected chi connectivity index (χ1v) is 10.9. The molecule has 5 heteroatoms. The fraction of sp³-hybridized carbons (Fsp3) is 0.533. The first-order valence-electron chi connectivity index (χ1n) is 7.15. The Balaban J connectivity index is 2.02. The van der Waals surface area contributed by atoms with Crippen molar-refractivity contribution >= 4 is 19.0 Å². The summed E-state index contributed by atoms with van der Waals surface area (Å²) in [7, 11) is 0.946. The van der Waals surface area contributed by atoms with Crippen LogP contribution in [-0.4, -0.2) is 31.3 Å². The second-order valence-corrected chi connectivity index (χ2v) is 12.0. The Labute approximate surface area is 122 Å². The zero-order valence-electron chi connectivity index (χ0n) is 12.9. The van der Waals surface area contributed by atoms with Gasteiger partial charge in [0.25, 0.3) is 0 Å². The molecule has 0 amide bonds. The van der Waals surface area contributed by atoms with Gasteiger partial charge < -0.3 is 14.6 Å². The minimum Gasteiger partial charge on any atom is -0.361 e. The van der Waals surface area contributed by atoms with Gasteiger partial charge in [0.2, 0.25) is 0 Å². The van der Waals surface area contributed by atoms with E-state index in [0.717, 1.165) is 18.7 Å². The molecule has 0 atom stereocenters. The van der Waals surface area contributed by atoms with Crippen molar-refractivity contribution in [1.29, 1.82) is 0 Å². The molecule has 110 valence electrons. The van der Waals surface area contributed by atoms with Gasteiger partial charge in [-0.15, -0.1) is 0 Å². The van der Waals surface area contributed by atoms with Crippen molar-refractivity contribution in [1.82, 2.24) is 14.9 Å². The molecule has 0 aliphatic heterocycles. The van der Waals surface area contributed by atoms with Crippen LogP contribution in [-0.2, 0) is 18.0 Å². The number of ether oxygens (including phenoxy) is 1. The second-order valence-electron chi connectivity index (χ2n) is 6.40. The monoisotopic (exact) mass is 291 g/mol. The molecule has 0 saturated heterocycles. The van der Waals surface area contributed by atoms with Crippen LogP contribution < -0.4 is 5.32 Å². The molecular weight excluding hydrogens is 266 g/mol. The van der Waals surface area contributed by atoms with Gasteiger partial charge in [-0.3, -0.25) is 4.98 Å². The first kappa shape index (κ1) is 15.2. The first-order chi connectivity index (χ1) is 9.51. The Kier molecular flexibility index (Phi) is 4.96. The average molecular weight is 291 g/mol. The number of rotatable bonds is 7. The van der Waals surface area contributed by atoms with Gasteiger partial charge in [0.15, 0.2) is 0 Å². The lowest BCUT2D eigenvalue weighted by Gasteiger charge is -2.15. The minimum absolute atomic E-state index is 0.610. The summed E-state index contributed by atoms with van der Waals surface area (Å²) in [6.45, 7) is 9.41. The highest BCUT2D eigenvalue weighted by atomic mass is 28.3. The number of aromatic nitrogens is 2. The molecule has 2 heterocycles. The van der Waals surface area contributed by atoms with Crippen molar-refractivity contribution in [2.45, 2.75) is 39.0 Å². The molecule has 0 bridgehead atoms. The molecule has 1 N–H and O–H groups in total. The van der Waals surface area contributed by atoms with Crippen LogP contribution in [0.25, 0.3) is 10.9 Å². The van der Waals surface area contributed by atoms with E-state index >= 15 is 0 Å². The highest BCUT2D eigenvalue weighted by molar-refractivity contribution is 6.76. The van der Waals surface area contributed by atoms with Gasteiger partial charge >= 0.3 is 0 Å². The number of pyridine rings is 1. The third-order valence-electron chi connectivity index (χ3n) is 3.37. The average Bonchev–Trinajstić information content (AvgIpc) is 2.78. The smallest absolute Gasteiger partial charge is 0.122 e. The van der Waals surface area contributed by atoms with Gasteiger partial charge in [0.1, 0.15) is 6.73 Å². The Morgan fingerprint density at radius 2 is 2.10 bits per heavy atom. The molecule has 0 spiro atoms. The summed E-state index contributed by atoms with van der Waals surface area (Å²) in [4.78, 5) is 4.32.